The van der Waals surface area contributed by atoms with E-state index in [-0.39, 0.29) is 65.7 Å². The molecular weight excluding hydrogens is 749 g/mol. The number of rotatable bonds is 18. The molecule has 9 nitrogen and oxygen atoms in total. The van der Waals surface area contributed by atoms with Crippen LogP contribution in [0.5, 0.6) is 0 Å². The zero-order valence-corrected chi connectivity index (χ0v) is 38.6. The van der Waals surface area contributed by atoms with Crippen LogP contribution in [-0.2, 0) is 25.5 Å². The van der Waals surface area contributed by atoms with Crippen molar-refractivity contribution in [2.45, 2.75) is 138 Å². The monoisotopic (exact) mass is 814 g/mol. The molecule has 10 heteroatoms. The largest absolute Gasteiger partial charge is 2.00 e. The van der Waals surface area contributed by atoms with E-state index in [1.54, 1.807) is 6.20 Å². The standard InChI is InChI=1S/C49H67N4O5.Mg/c1-11-16-35-27-39-32(7)36(13-3)41(51-39)28-40-34(9)43-47(53-40)44(45(48(43)55)49(56)57-10)46-37(33(8)38(52-46)23-25-50-35)21-22-42(54)58-26-24-31(6)20-15-19-30(5)18-14-17-29(4)12-2;/h11,23-25,27-30,33,37-38,45-46H,1,12-22,26H2,2-10H3,(H-,50,51,55);/q-3;+2/p-1/b25-23-,31-24-;/t29-,30-,33+,37+,38?,45-,46?;/m1./s1. The number of carbonyl (C=O) groups excluding carboxylic acids is 3. The summed E-state index contributed by atoms with van der Waals surface area (Å²) in [6.45, 7) is 21.4. The number of nitrogens with zero attached hydrogens (tertiary/aromatic N) is 4. The van der Waals surface area contributed by atoms with E-state index in [9.17, 15) is 14.4 Å². The summed E-state index contributed by atoms with van der Waals surface area (Å²) >= 11 is 0. The van der Waals surface area contributed by atoms with Gasteiger partial charge in [-0.3, -0.25) is 14.4 Å². The van der Waals surface area contributed by atoms with E-state index in [0.29, 0.717) is 40.2 Å². The van der Waals surface area contributed by atoms with Gasteiger partial charge < -0.3 is 30.1 Å². The number of hydrogen-bond acceptors (Lipinski definition) is 5. The molecule has 2 aromatic rings. The molecule has 2 aromatic heterocycles. The summed E-state index contributed by atoms with van der Waals surface area (Å²) in [6, 6.07) is -0.841. The molecule has 5 rings (SSSR count). The van der Waals surface area contributed by atoms with Crippen LogP contribution in [0.3, 0.4) is 0 Å². The van der Waals surface area contributed by atoms with Crippen molar-refractivity contribution in [1.29, 1.82) is 0 Å². The summed E-state index contributed by atoms with van der Waals surface area (Å²) in [5.74, 6) is -1.06. The second-order valence-corrected chi connectivity index (χ2v) is 17.0. The Morgan fingerprint density at radius 1 is 0.983 bits per heavy atom. The van der Waals surface area contributed by atoms with Crippen LogP contribution in [0.2, 0.25) is 0 Å². The normalized spacial score (nSPS) is 24.2. The summed E-state index contributed by atoms with van der Waals surface area (Å²) in [6.07, 6.45) is 22.0. The number of allylic oxidation sites excluding steroid dienone is 2. The fraction of sp³-hybridized carbons (Fsp3) is 0.571. The summed E-state index contributed by atoms with van der Waals surface area (Å²) in [7, 11) is 1.30. The van der Waals surface area contributed by atoms with E-state index >= 15 is 0 Å². The fourth-order valence-electron chi connectivity index (χ4n) is 9.00. The minimum absolute atomic E-state index is 0. The van der Waals surface area contributed by atoms with Gasteiger partial charge in [-0.1, -0.05) is 125 Å². The maximum Gasteiger partial charge on any atom is 2.00 e. The van der Waals surface area contributed by atoms with E-state index in [4.69, 9.17) is 30.1 Å². The van der Waals surface area contributed by atoms with E-state index in [2.05, 4.69) is 55.0 Å². The summed E-state index contributed by atoms with van der Waals surface area (Å²) in [5.41, 5.74) is 7.54. The van der Waals surface area contributed by atoms with Crippen molar-refractivity contribution in [2.75, 3.05) is 13.7 Å². The molecule has 2 aliphatic heterocycles. The Morgan fingerprint density at radius 2 is 1.71 bits per heavy atom. The number of esters is 2. The Kier molecular flexibility index (Phi) is 18.2. The molecule has 1 aliphatic carbocycles. The average molecular weight is 815 g/mol. The molecule has 0 radical (unpaired) electrons. The summed E-state index contributed by atoms with van der Waals surface area (Å²) in [4.78, 5) is 51.0. The van der Waals surface area contributed by atoms with Crippen molar-refractivity contribution < 1.29 is 23.9 Å². The van der Waals surface area contributed by atoms with Gasteiger partial charge in [-0.15, -0.1) is 46.8 Å². The van der Waals surface area contributed by atoms with Crippen LogP contribution >= 0.6 is 0 Å². The third-order valence-electron chi connectivity index (χ3n) is 12.9. The quantitative estimate of drug-likeness (QED) is 0.0637. The molecule has 0 amide bonds. The number of methoxy groups -OCH3 is 1. The maximum absolute atomic E-state index is 14.2. The van der Waals surface area contributed by atoms with Gasteiger partial charge in [-0.05, 0) is 70.8 Å². The van der Waals surface area contributed by atoms with Gasteiger partial charge in [0, 0.05) is 12.0 Å². The second-order valence-electron chi connectivity index (χ2n) is 17.0. The Balaban J connectivity index is 0.00000769. The van der Waals surface area contributed by atoms with Crippen LogP contribution in [0.25, 0.3) is 28.4 Å². The summed E-state index contributed by atoms with van der Waals surface area (Å²) < 4.78 is 11.0. The van der Waals surface area contributed by atoms with Crippen molar-refractivity contribution in [2.24, 2.45) is 29.6 Å². The Morgan fingerprint density at radius 3 is 2.41 bits per heavy atom. The number of aromatic nitrogens is 2. The molecule has 0 N–H and O–H groups in total. The predicted molar refractivity (Wildman–Crippen MR) is 239 cm³/mol. The molecule has 6 bridgehead atoms. The van der Waals surface area contributed by atoms with Gasteiger partial charge in [0.2, 0.25) is 0 Å². The van der Waals surface area contributed by atoms with Gasteiger partial charge in [-0.2, -0.15) is 11.9 Å². The van der Waals surface area contributed by atoms with Gasteiger partial charge >= 0.3 is 35.0 Å². The zero-order chi connectivity index (χ0) is 42.1. The first-order chi connectivity index (χ1) is 27.8. The van der Waals surface area contributed by atoms with Gasteiger partial charge in [0.15, 0.2) is 5.78 Å². The minimum atomic E-state index is -1.16. The third-order valence-corrected chi connectivity index (χ3v) is 12.9. The fourth-order valence-corrected chi connectivity index (χ4v) is 9.00. The maximum atomic E-state index is 14.2. The van der Waals surface area contributed by atoms with E-state index < -0.39 is 17.9 Å². The van der Waals surface area contributed by atoms with Gasteiger partial charge in [0.1, 0.15) is 12.5 Å². The van der Waals surface area contributed by atoms with Crippen molar-refractivity contribution in [3.63, 3.8) is 0 Å². The van der Waals surface area contributed by atoms with Crippen molar-refractivity contribution in [3.8, 4) is 0 Å². The van der Waals surface area contributed by atoms with Crippen LogP contribution in [-0.4, -0.2) is 66.6 Å². The zero-order valence-electron chi connectivity index (χ0n) is 37.2. The molecular formula is C49H66MgN4O5-2. The Bertz CT molecular complexity index is 2040. The van der Waals surface area contributed by atoms with Crippen molar-refractivity contribution in [3.05, 3.63) is 97.3 Å². The Labute approximate surface area is 369 Å². The number of ether oxygens (including phenoxy) is 2. The van der Waals surface area contributed by atoms with Crippen molar-refractivity contribution >= 4 is 58.5 Å². The number of ketones is 1. The first kappa shape index (κ1) is 48.1. The third kappa shape index (κ3) is 11.4. The van der Waals surface area contributed by atoms with Crippen LogP contribution < -0.4 is 20.7 Å². The number of Topliss-reactive ketones (excluding diaryl/α,β-unsaturated/α-hetero) is 1. The molecule has 316 valence electrons. The molecule has 0 aromatic carbocycles. The SMILES string of the molecule is C=CC/C1=C/c2[n-]c(c(CC)c2C)/C=c2\[n-]c3c(c2C)C(=O)[C@H](C(=O)OC)C=3C2[N-]C(/C=C\[N-]1)[C@@H](C)[C@@H]2CCC(=O)OC/C=C(/C)CCC[C@H](C)CCC[C@H](C)CC.[Mg+2]. The number of carbonyl (C=O) groups is 3. The first-order valence-electron chi connectivity index (χ1n) is 21.7. The predicted octanol–water partition coefficient (Wildman–Crippen LogP) is 8.85. The van der Waals surface area contributed by atoms with Gasteiger partial charge in [0.25, 0.3) is 0 Å². The molecule has 1 saturated heterocycles. The van der Waals surface area contributed by atoms with Crippen LogP contribution in [0.1, 0.15) is 144 Å². The molecule has 7 atom stereocenters. The molecule has 59 heavy (non-hydrogen) atoms. The van der Waals surface area contributed by atoms with Crippen molar-refractivity contribution in [1.82, 2.24) is 9.97 Å². The molecule has 2 unspecified atom stereocenters. The van der Waals surface area contributed by atoms with Crippen LogP contribution in [0.15, 0.2) is 42.3 Å². The molecule has 3 aliphatic rings. The molecule has 1 fully saturated rings. The molecule has 0 saturated carbocycles. The van der Waals surface area contributed by atoms with E-state index in [0.717, 1.165) is 59.3 Å². The first-order valence-corrected chi connectivity index (χ1v) is 21.7. The topological polar surface area (TPSA) is 126 Å². The van der Waals surface area contributed by atoms with Crippen LogP contribution in [0.4, 0.5) is 0 Å². The minimum Gasteiger partial charge on any atom is -0.668 e. The molecule has 4 heterocycles. The summed E-state index contributed by atoms with van der Waals surface area (Å²) in [5, 5.41) is 11.3. The second kappa shape index (κ2) is 22.3. The van der Waals surface area contributed by atoms with Crippen LogP contribution in [0, 0.1) is 43.4 Å². The number of hydrogen-bond donors (Lipinski definition) is 0. The Hall–Kier alpha value is -3.60. The van der Waals surface area contributed by atoms with E-state index in [1.807, 2.05) is 37.3 Å². The average Bonchev–Trinajstić information content (AvgIpc) is 3.87. The van der Waals surface area contributed by atoms with E-state index in [1.165, 1.54) is 44.8 Å². The smallest absolute Gasteiger partial charge is 0.668 e. The van der Waals surface area contributed by atoms with Gasteiger partial charge in [-0.25, -0.2) is 0 Å². The number of fused-ring (bicyclic) bond motifs is 6. The van der Waals surface area contributed by atoms with Gasteiger partial charge in [0.05, 0.1) is 7.11 Å². The molecule has 0 spiro atoms.